The Labute approximate surface area is 79.0 Å². The van der Waals surface area contributed by atoms with Crippen molar-refractivity contribution in [1.82, 2.24) is 0 Å². The second kappa shape index (κ2) is 4.06. The monoisotopic (exact) mass is 174 g/mol. The van der Waals surface area contributed by atoms with Crippen LogP contribution in [-0.2, 0) is 0 Å². The molecule has 0 aliphatic rings. The van der Waals surface area contributed by atoms with Crippen molar-refractivity contribution in [3.63, 3.8) is 0 Å². The molecule has 1 aromatic carbocycles. The fourth-order valence-corrected chi connectivity index (χ4v) is 1.44. The molecular weight excluding hydrogens is 160 g/mol. The van der Waals surface area contributed by atoms with E-state index < -0.39 is 0 Å². The Morgan fingerprint density at radius 2 is 1.85 bits per heavy atom. The van der Waals surface area contributed by atoms with Crippen LogP contribution in [0.4, 0.5) is 0 Å². The van der Waals surface area contributed by atoms with Gasteiger partial charge in [-0.15, -0.1) is 0 Å². The van der Waals surface area contributed by atoms with E-state index in [9.17, 15) is 0 Å². The van der Waals surface area contributed by atoms with Crippen LogP contribution < -0.4 is 5.73 Å². The molecule has 0 heterocycles. The van der Waals surface area contributed by atoms with Crippen LogP contribution in [-0.4, -0.2) is 0 Å². The molecule has 0 aliphatic carbocycles. The lowest BCUT2D eigenvalue weighted by Crippen LogP contribution is -2.09. The normalized spacial score (nSPS) is 12.2. The summed E-state index contributed by atoms with van der Waals surface area (Å²) in [5.74, 6) is 0. The van der Waals surface area contributed by atoms with Crippen LogP contribution in [0.3, 0.4) is 0 Å². The van der Waals surface area contributed by atoms with Crippen molar-refractivity contribution in [2.75, 3.05) is 0 Å². The highest BCUT2D eigenvalue weighted by Crippen LogP contribution is 2.16. The molecule has 68 valence electrons. The first-order chi connectivity index (χ1) is 6.13. The van der Waals surface area contributed by atoms with E-state index in [0.29, 0.717) is 6.42 Å². The molecule has 0 spiro atoms. The molecule has 0 radical (unpaired) electrons. The van der Waals surface area contributed by atoms with E-state index in [0.717, 1.165) is 5.56 Å². The van der Waals surface area contributed by atoms with Gasteiger partial charge in [-0.1, -0.05) is 29.3 Å². The van der Waals surface area contributed by atoms with Crippen molar-refractivity contribution in [2.45, 2.75) is 26.3 Å². The quantitative estimate of drug-likeness (QED) is 0.747. The van der Waals surface area contributed by atoms with E-state index in [4.69, 9.17) is 11.0 Å². The fraction of sp³-hybridized carbons (Fsp3) is 0.364. The lowest BCUT2D eigenvalue weighted by atomic mass is 10.0. The van der Waals surface area contributed by atoms with Crippen LogP contribution in [0.25, 0.3) is 0 Å². The average Bonchev–Trinajstić information content (AvgIpc) is 2.03. The molecule has 1 rings (SSSR count). The summed E-state index contributed by atoms with van der Waals surface area (Å²) in [6.45, 7) is 4.07. The van der Waals surface area contributed by atoms with Gasteiger partial charge >= 0.3 is 0 Å². The van der Waals surface area contributed by atoms with Gasteiger partial charge in [-0.2, -0.15) is 5.26 Å². The van der Waals surface area contributed by atoms with Crippen molar-refractivity contribution in [3.05, 3.63) is 34.9 Å². The number of nitriles is 1. The van der Waals surface area contributed by atoms with E-state index in [1.807, 2.05) is 26.0 Å². The van der Waals surface area contributed by atoms with Gasteiger partial charge in [-0.05, 0) is 19.4 Å². The first-order valence-corrected chi connectivity index (χ1v) is 4.34. The molecule has 0 aromatic heterocycles. The second-order valence-corrected chi connectivity index (χ2v) is 3.39. The molecule has 0 fully saturated rings. The van der Waals surface area contributed by atoms with Gasteiger partial charge in [0.25, 0.3) is 0 Å². The molecule has 0 saturated carbocycles. The van der Waals surface area contributed by atoms with Crippen LogP contribution in [0.2, 0.25) is 0 Å². The average molecular weight is 174 g/mol. The Balaban J connectivity index is 2.95. The molecule has 0 saturated heterocycles. The van der Waals surface area contributed by atoms with Crippen LogP contribution in [0.15, 0.2) is 18.2 Å². The van der Waals surface area contributed by atoms with Gasteiger partial charge in [-0.3, -0.25) is 0 Å². The Bertz CT molecular complexity index is 316. The Hall–Kier alpha value is -1.33. The van der Waals surface area contributed by atoms with Gasteiger partial charge in [0, 0.05) is 6.04 Å². The lowest BCUT2D eigenvalue weighted by molar-refractivity contribution is 0.746. The van der Waals surface area contributed by atoms with E-state index >= 15 is 0 Å². The summed E-state index contributed by atoms with van der Waals surface area (Å²) in [6.07, 6.45) is 0.378. The first kappa shape index (κ1) is 9.76. The van der Waals surface area contributed by atoms with Gasteiger partial charge in [0.05, 0.1) is 12.5 Å². The van der Waals surface area contributed by atoms with Crippen LogP contribution in [0, 0.1) is 25.2 Å². The lowest BCUT2D eigenvalue weighted by Gasteiger charge is -2.09. The molecule has 0 bridgehead atoms. The first-order valence-electron chi connectivity index (χ1n) is 4.34. The Kier molecular flexibility index (Phi) is 3.05. The fourth-order valence-electron chi connectivity index (χ4n) is 1.44. The van der Waals surface area contributed by atoms with Gasteiger partial charge in [0.15, 0.2) is 0 Å². The van der Waals surface area contributed by atoms with Gasteiger partial charge in [0.2, 0.25) is 0 Å². The summed E-state index contributed by atoms with van der Waals surface area (Å²) in [7, 11) is 0. The number of hydrogen-bond acceptors (Lipinski definition) is 2. The number of rotatable bonds is 2. The summed E-state index contributed by atoms with van der Waals surface area (Å²) in [4.78, 5) is 0. The minimum atomic E-state index is -0.149. The Morgan fingerprint density at radius 1 is 1.31 bits per heavy atom. The van der Waals surface area contributed by atoms with Gasteiger partial charge in [-0.25, -0.2) is 0 Å². The molecule has 0 unspecified atom stereocenters. The largest absolute Gasteiger partial charge is 0.323 e. The predicted octanol–water partition coefficient (Wildman–Crippen LogP) is 2.22. The van der Waals surface area contributed by atoms with Crippen molar-refractivity contribution in [3.8, 4) is 6.07 Å². The molecule has 1 atom stereocenters. The predicted molar refractivity (Wildman–Crippen MR) is 53.1 cm³/mol. The highest BCUT2D eigenvalue weighted by molar-refractivity contribution is 5.30. The SMILES string of the molecule is Cc1cc(C)cc([C@@H](N)CC#N)c1. The van der Waals surface area contributed by atoms with E-state index in [-0.39, 0.29) is 6.04 Å². The summed E-state index contributed by atoms with van der Waals surface area (Å²) in [5.41, 5.74) is 9.27. The molecule has 2 heteroatoms. The number of benzene rings is 1. The molecule has 0 aliphatic heterocycles. The maximum absolute atomic E-state index is 8.51. The van der Waals surface area contributed by atoms with Crippen LogP contribution in [0.1, 0.15) is 29.2 Å². The van der Waals surface area contributed by atoms with Crippen molar-refractivity contribution < 1.29 is 0 Å². The van der Waals surface area contributed by atoms with Gasteiger partial charge in [0.1, 0.15) is 0 Å². The molecule has 0 amide bonds. The molecule has 13 heavy (non-hydrogen) atoms. The number of hydrogen-bond donors (Lipinski definition) is 1. The van der Waals surface area contributed by atoms with E-state index in [1.54, 1.807) is 0 Å². The highest BCUT2D eigenvalue weighted by Gasteiger charge is 2.05. The third kappa shape index (κ3) is 2.57. The standard InChI is InChI=1S/C11H14N2/c1-8-5-9(2)7-10(6-8)11(13)3-4-12/h5-7,11H,3,13H2,1-2H3/t11-/m0/s1. The summed E-state index contributed by atoms with van der Waals surface area (Å²) in [6, 6.07) is 8.10. The van der Waals surface area contributed by atoms with Gasteiger partial charge < -0.3 is 5.73 Å². The third-order valence-corrected chi connectivity index (χ3v) is 1.98. The second-order valence-electron chi connectivity index (χ2n) is 3.39. The number of nitrogens with zero attached hydrogens (tertiary/aromatic N) is 1. The Morgan fingerprint density at radius 3 is 2.31 bits per heavy atom. The third-order valence-electron chi connectivity index (χ3n) is 1.98. The number of nitrogens with two attached hydrogens (primary N) is 1. The zero-order valence-electron chi connectivity index (χ0n) is 8.04. The maximum Gasteiger partial charge on any atom is 0.0641 e. The summed E-state index contributed by atoms with van der Waals surface area (Å²) >= 11 is 0. The topological polar surface area (TPSA) is 49.8 Å². The van der Waals surface area contributed by atoms with Crippen molar-refractivity contribution in [1.29, 1.82) is 5.26 Å². The van der Waals surface area contributed by atoms with Crippen LogP contribution in [0.5, 0.6) is 0 Å². The van der Waals surface area contributed by atoms with Crippen molar-refractivity contribution in [2.24, 2.45) is 5.73 Å². The maximum atomic E-state index is 8.51. The van der Waals surface area contributed by atoms with Crippen molar-refractivity contribution >= 4 is 0 Å². The van der Waals surface area contributed by atoms with E-state index in [1.165, 1.54) is 11.1 Å². The van der Waals surface area contributed by atoms with Crippen LogP contribution >= 0.6 is 0 Å². The molecular formula is C11H14N2. The minimum absolute atomic E-state index is 0.149. The number of aryl methyl sites for hydroxylation is 2. The smallest absolute Gasteiger partial charge is 0.0641 e. The molecule has 2 nitrogen and oxygen atoms in total. The zero-order chi connectivity index (χ0) is 9.84. The summed E-state index contributed by atoms with van der Waals surface area (Å²) < 4.78 is 0. The molecule has 2 N–H and O–H groups in total. The zero-order valence-corrected chi connectivity index (χ0v) is 8.04. The molecule has 1 aromatic rings. The minimum Gasteiger partial charge on any atom is -0.323 e. The highest BCUT2D eigenvalue weighted by atomic mass is 14.6. The summed E-state index contributed by atoms with van der Waals surface area (Å²) in [5, 5.41) is 8.51. The van der Waals surface area contributed by atoms with E-state index in [2.05, 4.69) is 12.1 Å².